The van der Waals surface area contributed by atoms with Gasteiger partial charge in [0.05, 0.1) is 122 Å². The van der Waals surface area contributed by atoms with Crippen LogP contribution in [0.25, 0.3) is 0 Å². The van der Waals surface area contributed by atoms with E-state index in [1.807, 2.05) is 34.6 Å². The van der Waals surface area contributed by atoms with Crippen molar-refractivity contribution in [3.63, 3.8) is 0 Å². The van der Waals surface area contributed by atoms with Gasteiger partial charge in [-0.2, -0.15) is 0 Å². The largest absolute Gasteiger partial charge is 0.481 e. The molecule has 0 saturated heterocycles. The smallest absolute Gasteiger partial charge is 0.312 e. The molecular weight excluding hydrogens is 1870 g/mol. The summed E-state index contributed by atoms with van der Waals surface area (Å²) in [4.78, 5) is 53.2. The monoisotopic (exact) mass is 2070 g/mol. The third-order valence-corrected chi connectivity index (χ3v) is 54.7. The van der Waals surface area contributed by atoms with Crippen molar-refractivity contribution in [3.8, 4) is 0 Å². The Morgan fingerprint density at radius 2 is 0.520 bits per heavy atom. The number of carbonyl (C=O) groups is 4. The van der Waals surface area contributed by atoms with E-state index in [1.54, 1.807) is 0 Å². The van der Waals surface area contributed by atoms with E-state index in [1.165, 1.54) is 22.3 Å². The molecule has 16 saturated carbocycles. The van der Waals surface area contributed by atoms with Crippen LogP contribution in [0.4, 0.5) is 0 Å². The van der Waals surface area contributed by atoms with Gasteiger partial charge in [0, 0.05) is 33.5 Å². The highest BCUT2D eigenvalue weighted by atomic mass is 16.5. The fourth-order valence-corrected chi connectivity index (χ4v) is 45.0. The van der Waals surface area contributed by atoms with Crippen LogP contribution < -0.4 is 0 Å². The number of carbonyl (C=O) groups excluding carboxylic acids is 2. The Morgan fingerprint density at radius 1 is 0.284 bits per heavy atom. The summed E-state index contributed by atoms with van der Waals surface area (Å²) >= 11 is 0. The summed E-state index contributed by atoms with van der Waals surface area (Å²) in [6.07, 6.45) is 27.0. The lowest BCUT2D eigenvalue weighted by Gasteiger charge is -2.72. The first-order valence-electron chi connectivity index (χ1n) is 59.7. The minimum absolute atomic E-state index is 0.000534. The van der Waals surface area contributed by atoms with Gasteiger partial charge < -0.3 is 91.2 Å². The third-order valence-electron chi connectivity index (χ3n) is 54.7. The first-order chi connectivity index (χ1) is 68.8. The summed E-state index contributed by atoms with van der Waals surface area (Å²) in [5.41, 5.74) is -2.34. The van der Waals surface area contributed by atoms with Crippen molar-refractivity contribution >= 4 is 23.9 Å². The molecule has 0 aromatic heterocycles. The van der Waals surface area contributed by atoms with Crippen molar-refractivity contribution in [1.82, 2.24) is 0 Å². The predicted octanol–water partition coefficient (Wildman–Crippen LogP) is 19.8. The summed E-state index contributed by atoms with van der Waals surface area (Å²) < 4.78 is 11.8. The van der Waals surface area contributed by atoms with Gasteiger partial charge in [0.2, 0.25) is 0 Å². The number of aliphatic carboxylic acids is 2. The lowest BCUT2D eigenvalue weighted by Crippen LogP contribution is -2.71. The van der Waals surface area contributed by atoms with E-state index in [0.29, 0.717) is 111 Å². The summed E-state index contributed by atoms with van der Waals surface area (Å²) in [7, 11) is 0. The van der Waals surface area contributed by atoms with Crippen molar-refractivity contribution < 1.29 is 110 Å². The maximum atomic E-state index is 13.8. The number of esters is 2. The van der Waals surface area contributed by atoms with Gasteiger partial charge in [-0.05, 0) is 377 Å². The van der Waals surface area contributed by atoms with Crippen molar-refractivity contribution in [3.05, 3.63) is 46.6 Å². The van der Waals surface area contributed by atoms with Gasteiger partial charge in [-0.25, -0.2) is 0 Å². The molecule has 0 aromatic rings. The van der Waals surface area contributed by atoms with Gasteiger partial charge in [-0.3, -0.25) is 19.2 Å². The number of carboxylic acids is 2. The maximum absolute atomic E-state index is 13.8. The number of fused-ring (bicyclic) bond motifs is 28. The Bertz CT molecular complexity index is 5100. The number of carboxylic acid groups (broad SMARTS) is 2. The molecular formula is C126H204O22. The zero-order valence-corrected chi connectivity index (χ0v) is 96.1. The fraction of sp³-hybridized carbons (Fsp3) is 0.905. The van der Waals surface area contributed by atoms with Crippen LogP contribution in [-0.4, -0.2) is 206 Å². The van der Waals surface area contributed by atoms with Crippen LogP contribution in [0.1, 0.15) is 385 Å². The molecule has 20 aliphatic rings. The molecule has 0 aliphatic heterocycles. The summed E-state index contributed by atoms with van der Waals surface area (Å²) in [6.45, 7) is 58.6. The standard InChI is InChI=1S/C33H54O6.C33H54O5.C30H48O6.C30H48O5/c1-8-15-39-28(38)33-12-11-19(2)20(3)25(33)21-9-10-24-29(4)16-23(36)27(37)30(5,18-34)26(29)22(35)17-32(24,7)31(21,6)13-14-33;1-8-17-38-28(37)33-14-11-20(2)21(3)26(33)22-9-10-25-29(4)18-23(35)27(36)30(5,19-34)24(29)12-13-32(25,7)31(22,6)15-16-33;1-16-9-10-30(25(35)36)12-11-28(5)18(22(30)17(16)2)7-8-21-26(3)13-20(33)24(34)27(4,15-31)23(26)19(32)14-29(21,28)6;1-17-9-12-30(25(34)35)14-13-28(5)19(23(30)18(17)2)7-8-22-26(3)15-20(32)24(33)27(4,16-31)21(26)10-11-29(22,28)6/h9,19-20,22-27,34-37H,8,10-18H2,1-7H3;9,20-21,23-27,34-36H,8,10-19H2,1-7H3;7,16-17,19-24,31-34H,8-15H2,1-6H3,(H,35,36);7,17-18,20-24,31-33H,8-16H2,1-6H3,(H,34,35)/t19-,20+,22-,23-,24?,25?,26?,27+,29-,30+,31-,32-,33+;20-,21+,23-,24?,25?,26?,27+,29+,30+,31-,32-,33+;16-,17+,19-,20-,21?,22?,23?,24+,26-,27+,28-,29-,30+;17-,18+,20-,21?,22?,23?,24+,26+,27+,28-,29-,30+/m1111/s1. The van der Waals surface area contributed by atoms with E-state index >= 15 is 0 Å². The number of allylic oxidation sites excluding steroid dienone is 8. The van der Waals surface area contributed by atoms with E-state index in [-0.39, 0.29) is 158 Å². The molecule has 840 valence electrons. The molecule has 16 fully saturated rings. The van der Waals surface area contributed by atoms with Gasteiger partial charge in [0.1, 0.15) is 0 Å². The van der Waals surface area contributed by atoms with Gasteiger partial charge in [-0.15, -0.1) is 0 Å². The molecule has 16 N–H and O–H groups in total. The molecule has 0 bridgehead atoms. The number of ether oxygens (including phenoxy) is 2. The predicted molar refractivity (Wildman–Crippen MR) is 572 cm³/mol. The normalized spacial score (nSPS) is 56.2. The second-order valence-corrected chi connectivity index (χ2v) is 59.9. The van der Waals surface area contributed by atoms with Crippen molar-refractivity contribution in [1.29, 1.82) is 0 Å². The highest BCUT2D eigenvalue weighted by Gasteiger charge is 2.80. The molecule has 0 spiro atoms. The summed E-state index contributed by atoms with van der Waals surface area (Å²) in [5, 5.41) is 175. The van der Waals surface area contributed by atoms with E-state index < -0.39 is 127 Å². The molecule has 22 heteroatoms. The van der Waals surface area contributed by atoms with Crippen LogP contribution in [0.3, 0.4) is 0 Å². The average molecular weight is 2070 g/mol. The van der Waals surface area contributed by atoms with E-state index in [0.717, 1.165) is 161 Å². The number of hydrogen-bond donors (Lipinski definition) is 16. The quantitative estimate of drug-likeness (QED) is 0.0637. The minimum atomic E-state index is -1.08. The molecule has 50 atom stereocenters. The van der Waals surface area contributed by atoms with Crippen LogP contribution in [-0.2, 0) is 28.7 Å². The summed E-state index contributed by atoms with van der Waals surface area (Å²) in [6, 6.07) is 0. The number of aliphatic hydroxyl groups excluding tert-OH is 14. The zero-order valence-electron chi connectivity index (χ0n) is 96.1. The lowest BCUT2D eigenvalue weighted by molar-refractivity contribution is -0.273. The second kappa shape index (κ2) is 38.6. The second-order valence-electron chi connectivity index (χ2n) is 59.9. The number of hydrogen-bond acceptors (Lipinski definition) is 20. The van der Waals surface area contributed by atoms with Gasteiger partial charge >= 0.3 is 23.9 Å². The van der Waals surface area contributed by atoms with Crippen molar-refractivity contribution in [2.45, 2.75) is 447 Å². The Hall–Kier alpha value is -3.72. The first kappa shape index (κ1) is 115. The topological polar surface area (TPSA) is 410 Å². The molecule has 20 aliphatic carbocycles. The van der Waals surface area contributed by atoms with Crippen LogP contribution in [0.5, 0.6) is 0 Å². The van der Waals surface area contributed by atoms with E-state index in [2.05, 4.69) is 170 Å². The molecule has 0 aromatic carbocycles. The van der Waals surface area contributed by atoms with E-state index in [9.17, 15) is 101 Å². The van der Waals surface area contributed by atoms with Gasteiger partial charge in [0.15, 0.2) is 0 Å². The molecule has 0 radical (unpaired) electrons. The minimum Gasteiger partial charge on any atom is -0.481 e. The zero-order chi connectivity index (χ0) is 109. The SMILES string of the molecule is CCCOC(=O)[C@]12CC[C@@H](C)[C@H](C)C1C1=CCC3[C@@]4(C)C[C@@H](O)[C@H](O)[C@@](C)(CO)C4CC[C@@]3(C)[C@]1(C)CC2.CCCOC(=O)[C@]12CC[C@@H](C)[C@H](C)C1C1=CCC3[C@@]4(C)C[C@@H](O)[C@H](O)[C@@](C)(CO)C4[C@H](O)C[C@@]3(C)[C@]1(C)CC2.C[C@@H]1CC[C@]2(C(=O)O)CC[C@]3(C)C(=CCC4[C@@]5(C)C[C@@H](O)[C@H](O)[C@@](C)(CO)C5CC[C@]43C)C2[C@H]1C.C[C@@H]1CC[C@]2(C(=O)O)CC[C@]3(C)C(=CCC4[C@@]5(C)C[C@@H](O)[C@H](O)[C@@](C)(CO)C5[C@H](O)C[C@]43C)C2[C@H]1C. The van der Waals surface area contributed by atoms with Crippen LogP contribution in [0.15, 0.2) is 46.6 Å². The van der Waals surface area contributed by atoms with Crippen LogP contribution >= 0.6 is 0 Å². The highest BCUT2D eigenvalue weighted by Crippen LogP contribution is 2.83. The Morgan fingerprint density at radius 3 is 0.784 bits per heavy atom. The molecule has 12 unspecified atom stereocenters. The number of rotatable bonds is 12. The summed E-state index contributed by atoms with van der Waals surface area (Å²) in [5.74, 6) is 3.39. The fourth-order valence-electron chi connectivity index (χ4n) is 45.0. The molecule has 20 rings (SSSR count). The number of aliphatic hydroxyl groups is 14. The Labute approximate surface area is 888 Å². The molecule has 0 amide bonds. The van der Waals surface area contributed by atoms with Gasteiger partial charge in [-0.1, -0.05) is 227 Å². The highest BCUT2D eigenvalue weighted by molar-refractivity contribution is 5.80. The van der Waals surface area contributed by atoms with Crippen molar-refractivity contribution in [2.24, 2.45) is 227 Å². The molecule has 22 nitrogen and oxygen atoms in total. The maximum Gasteiger partial charge on any atom is 0.312 e. The third kappa shape index (κ3) is 15.3. The molecule has 148 heavy (non-hydrogen) atoms. The Kier molecular flexibility index (Phi) is 30.0. The van der Waals surface area contributed by atoms with Crippen LogP contribution in [0, 0.1) is 227 Å². The van der Waals surface area contributed by atoms with Gasteiger partial charge in [0.25, 0.3) is 0 Å². The first-order valence-corrected chi connectivity index (χ1v) is 59.7. The van der Waals surface area contributed by atoms with Crippen LogP contribution in [0.2, 0.25) is 0 Å². The average Bonchev–Trinajstić information content (AvgIpc) is 0.665. The van der Waals surface area contributed by atoms with Crippen molar-refractivity contribution in [2.75, 3.05) is 39.6 Å². The van der Waals surface area contributed by atoms with E-state index in [4.69, 9.17) is 9.47 Å². The molecule has 0 heterocycles. The Balaban J connectivity index is 0.000000135. The lowest BCUT2D eigenvalue weighted by atomic mass is 9.32.